The zero-order valence-corrected chi connectivity index (χ0v) is 46.1. The topological polar surface area (TPSA) is 67.3 Å². The number of rotatable bonds is 5. The minimum Gasteiger partial charge on any atom is -0.306 e. The predicted molar refractivity (Wildman–Crippen MR) is 349 cm³/mol. The van der Waals surface area contributed by atoms with E-state index >= 15 is 0 Å². The molecule has 0 aliphatic heterocycles. The zero-order valence-electron chi connectivity index (χ0n) is 44.5. The fourth-order valence-electron chi connectivity index (χ4n) is 14.1. The van der Waals surface area contributed by atoms with Crippen LogP contribution in [0.2, 0.25) is 0 Å². The Kier molecular flexibility index (Phi) is 9.51. The lowest BCUT2D eigenvalue weighted by atomic mass is 9.98. The first kappa shape index (κ1) is 46.1. The number of aromatic nitrogens is 4. The molecule has 0 atom stereocenters. The molecule has 6 heterocycles. The minimum atomic E-state index is 0.377. The van der Waals surface area contributed by atoms with Gasteiger partial charge in [-0.3, -0.25) is 0 Å². The maximum Gasteiger partial charge on any atom is 0.104 e. The van der Waals surface area contributed by atoms with Crippen molar-refractivity contribution in [2.45, 2.75) is 6.92 Å². The molecule has 18 aromatic rings. The van der Waals surface area contributed by atoms with Crippen molar-refractivity contribution in [1.82, 2.24) is 18.3 Å². The molecule has 6 aromatic heterocycles. The molecule has 12 aromatic carbocycles. The van der Waals surface area contributed by atoms with Crippen molar-refractivity contribution in [2.24, 2.45) is 0 Å². The third-order valence-corrected chi connectivity index (χ3v) is 19.9. The smallest absolute Gasteiger partial charge is 0.104 e. The van der Waals surface area contributed by atoms with Crippen LogP contribution in [0, 0.1) is 29.6 Å². The van der Waals surface area contributed by atoms with Crippen molar-refractivity contribution in [3.8, 4) is 46.0 Å². The van der Waals surface area contributed by atoms with Gasteiger partial charge in [0.1, 0.15) is 23.3 Å². The largest absolute Gasteiger partial charge is 0.306 e. The van der Waals surface area contributed by atoms with Crippen molar-refractivity contribution in [3.63, 3.8) is 0 Å². The summed E-state index contributed by atoms with van der Waals surface area (Å²) in [6, 6.07) is 90.7. The molecule has 0 aliphatic rings. The summed E-state index contributed by atoms with van der Waals surface area (Å²) in [6.45, 7) is 2.16. The highest BCUT2D eigenvalue weighted by Gasteiger charge is 2.36. The van der Waals surface area contributed by atoms with Gasteiger partial charge in [0.15, 0.2) is 0 Å². The lowest BCUT2D eigenvalue weighted by molar-refractivity contribution is 1.02. The fourth-order valence-corrected chi connectivity index (χ4v) is 16.5. The van der Waals surface area contributed by atoms with E-state index < -0.39 is 0 Å². The standard InChI is InChI=1S/C75H42N6S2/c1-43-31-37-64-56(39-43)52-33-35-55-51-24-10-16-30-67(51)83-75(55)72(52)81(64)73-69(78-60-25-11-5-19-46(60)47-20-6-12-26-61(47)78)58(41-76)68(59(42-77)70(73)79-62-27-13-7-21-48(62)49-22-8-14-28-63(49)79)80-65-38-32-45(44-17-3-2-4-18-44)40-57(65)53-34-36-54-50-23-9-15-29-66(50)82-74(54)71(53)80/h2-40H,1H3. The SMILES string of the molecule is Cc1ccc2c(c1)c1ccc3c4ccccc4sc3c1n2-c1c(-n2c3ccccc3c3ccccc32)c(C#N)c(-n2c3ccc(-c4ccccc4)cc3c3ccc4c5ccccc5sc4c32)c(C#N)c1-n1c2ccccc2c2ccccc21. The average Bonchev–Trinajstić information content (AvgIpc) is 2.55. The molecule has 83 heavy (non-hydrogen) atoms. The second-order valence-corrected chi connectivity index (χ2v) is 23.9. The van der Waals surface area contributed by atoms with Crippen LogP contribution in [0.5, 0.6) is 0 Å². The maximum absolute atomic E-state index is 12.9. The second kappa shape index (κ2) is 17.1. The summed E-state index contributed by atoms with van der Waals surface area (Å²) in [4.78, 5) is 0. The van der Waals surface area contributed by atoms with E-state index in [0.717, 1.165) is 130 Å². The Balaban J connectivity index is 1.16. The number of fused-ring (bicyclic) bond motifs is 20. The first-order valence-electron chi connectivity index (χ1n) is 27.9. The quantitative estimate of drug-likeness (QED) is 0.172. The van der Waals surface area contributed by atoms with E-state index in [4.69, 9.17) is 0 Å². The van der Waals surface area contributed by atoms with Gasteiger partial charge in [-0.25, -0.2) is 0 Å². The Morgan fingerprint density at radius 1 is 0.289 bits per heavy atom. The summed E-state index contributed by atoms with van der Waals surface area (Å²) >= 11 is 3.56. The highest BCUT2D eigenvalue weighted by atomic mass is 32.1. The van der Waals surface area contributed by atoms with E-state index in [1.807, 2.05) is 0 Å². The molecule has 6 nitrogen and oxygen atoms in total. The highest BCUT2D eigenvalue weighted by Crippen LogP contribution is 2.52. The number of nitriles is 2. The molecule has 0 fully saturated rings. The summed E-state index contributed by atoms with van der Waals surface area (Å²) in [5.41, 5.74) is 14.3. The molecule has 0 bridgehead atoms. The average molecular weight is 1090 g/mol. The molecule has 0 unspecified atom stereocenters. The van der Waals surface area contributed by atoms with Gasteiger partial charge < -0.3 is 18.3 Å². The van der Waals surface area contributed by atoms with E-state index in [9.17, 15) is 10.5 Å². The monoisotopic (exact) mass is 1090 g/mol. The number of hydrogen-bond acceptors (Lipinski definition) is 4. The lowest BCUT2D eigenvalue weighted by Crippen LogP contribution is -2.17. The molecule has 0 saturated heterocycles. The normalized spacial score (nSPS) is 12.1. The Hall–Kier alpha value is -10.7. The van der Waals surface area contributed by atoms with Gasteiger partial charge in [0.2, 0.25) is 0 Å². The number of para-hydroxylation sites is 4. The van der Waals surface area contributed by atoms with Crippen LogP contribution in [-0.2, 0) is 0 Å². The summed E-state index contributed by atoms with van der Waals surface area (Å²) < 4.78 is 14.0. The van der Waals surface area contributed by atoms with Gasteiger partial charge in [0, 0.05) is 74.0 Å². The Labute approximate surface area is 482 Å². The molecular weight excluding hydrogens is 1050 g/mol. The fraction of sp³-hybridized carbons (Fsp3) is 0.0133. The zero-order chi connectivity index (χ0) is 54.8. The van der Waals surface area contributed by atoms with Gasteiger partial charge in [-0.2, -0.15) is 10.5 Å². The summed E-state index contributed by atoms with van der Waals surface area (Å²) in [5.74, 6) is 0. The van der Waals surface area contributed by atoms with Crippen LogP contribution < -0.4 is 0 Å². The molecule has 0 N–H and O–H groups in total. The highest BCUT2D eigenvalue weighted by molar-refractivity contribution is 7.27. The van der Waals surface area contributed by atoms with E-state index in [0.29, 0.717) is 28.2 Å². The third kappa shape index (κ3) is 6.18. The van der Waals surface area contributed by atoms with Crippen LogP contribution in [-0.4, -0.2) is 18.3 Å². The van der Waals surface area contributed by atoms with E-state index in [2.05, 4.69) is 274 Å². The molecule has 0 radical (unpaired) electrons. The maximum atomic E-state index is 12.9. The van der Waals surface area contributed by atoms with Crippen LogP contribution in [0.25, 0.3) is 161 Å². The number of aryl methyl sites for hydroxylation is 1. The predicted octanol–water partition coefficient (Wildman–Crippen LogP) is 20.5. The van der Waals surface area contributed by atoms with Crippen molar-refractivity contribution in [2.75, 3.05) is 0 Å². The van der Waals surface area contributed by atoms with E-state index in [1.165, 1.54) is 20.2 Å². The molecule has 0 saturated carbocycles. The molecule has 0 amide bonds. The van der Waals surface area contributed by atoms with Gasteiger partial charge in [0.25, 0.3) is 0 Å². The summed E-state index contributed by atoms with van der Waals surface area (Å²) in [6.07, 6.45) is 0. The number of benzene rings is 12. The van der Waals surface area contributed by atoms with Gasteiger partial charge in [-0.15, -0.1) is 22.7 Å². The molecule has 0 spiro atoms. The van der Waals surface area contributed by atoms with Crippen molar-refractivity contribution in [1.29, 1.82) is 10.5 Å². The lowest BCUT2D eigenvalue weighted by Gasteiger charge is -2.27. The molecular formula is C75H42N6S2. The summed E-state index contributed by atoms with van der Waals surface area (Å²) in [7, 11) is 0. The Bertz CT molecular complexity index is 5720. The van der Waals surface area contributed by atoms with Crippen molar-refractivity contribution >= 4 is 150 Å². The van der Waals surface area contributed by atoms with Crippen molar-refractivity contribution < 1.29 is 0 Å². The Morgan fingerprint density at radius 3 is 1.16 bits per heavy atom. The molecule has 0 aliphatic carbocycles. The molecule has 384 valence electrons. The van der Waals surface area contributed by atoms with E-state index in [-0.39, 0.29) is 0 Å². The van der Waals surface area contributed by atoms with Crippen molar-refractivity contribution in [3.05, 3.63) is 253 Å². The van der Waals surface area contributed by atoms with E-state index in [1.54, 1.807) is 22.7 Å². The van der Waals surface area contributed by atoms with Crippen LogP contribution in [0.1, 0.15) is 16.7 Å². The van der Waals surface area contributed by atoms with Crippen LogP contribution in [0.4, 0.5) is 0 Å². The second-order valence-electron chi connectivity index (χ2n) is 21.8. The van der Waals surface area contributed by atoms with Gasteiger partial charge in [-0.05, 0) is 78.7 Å². The number of thiophene rings is 2. The number of hydrogen-bond donors (Lipinski definition) is 0. The van der Waals surface area contributed by atoms with Crippen LogP contribution in [0.3, 0.4) is 0 Å². The van der Waals surface area contributed by atoms with Gasteiger partial charge in [0.05, 0.1) is 76.3 Å². The Morgan fingerprint density at radius 2 is 0.675 bits per heavy atom. The molecule has 18 rings (SSSR count). The number of nitrogens with zero attached hydrogens (tertiary/aromatic N) is 6. The molecule has 8 heteroatoms. The summed E-state index contributed by atoms with van der Waals surface area (Å²) in [5, 5.41) is 39.0. The van der Waals surface area contributed by atoms with Crippen LogP contribution in [0.15, 0.2) is 237 Å². The van der Waals surface area contributed by atoms with Crippen LogP contribution >= 0.6 is 22.7 Å². The minimum absolute atomic E-state index is 0.377. The first-order valence-corrected chi connectivity index (χ1v) is 29.5. The van der Waals surface area contributed by atoms with Gasteiger partial charge in [-0.1, -0.05) is 181 Å². The first-order chi connectivity index (χ1) is 41.1. The third-order valence-electron chi connectivity index (χ3n) is 17.5. The van der Waals surface area contributed by atoms with Gasteiger partial charge >= 0.3 is 0 Å².